The molecule has 0 radical (unpaired) electrons. The monoisotopic (exact) mass is 285 g/mol. The average molecular weight is 285 g/mol. The van der Waals surface area contributed by atoms with Crippen LogP contribution in [0.1, 0.15) is 41.9 Å². The molecule has 0 atom stereocenters. The van der Waals surface area contributed by atoms with Gasteiger partial charge in [-0.05, 0) is 37.1 Å². The normalized spacial score (nSPS) is 13.8. The van der Waals surface area contributed by atoms with Crippen molar-refractivity contribution in [2.45, 2.75) is 25.7 Å². The number of carbonyl (C=O) groups excluding carboxylic acids is 2. The van der Waals surface area contributed by atoms with Gasteiger partial charge in [0.15, 0.2) is 5.69 Å². The molecule has 0 bridgehead atoms. The van der Waals surface area contributed by atoms with Gasteiger partial charge in [-0.15, -0.1) is 0 Å². The molecule has 108 valence electrons. The molecule has 0 aliphatic heterocycles. The standard InChI is InChI=1S/C15H15N3O3/c1-9(19)16-11-4-6-12(7-5-11)17-15(20)13-8-14(21-18-13)10-2-3-10/h4-8,10H,2-3H2,1H3,(H,16,19)(H,17,20). The second-order valence-electron chi connectivity index (χ2n) is 5.10. The lowest BCUT2D eigenvalue weighted by molar-refractivity contribution is -0.114. The van der Waals surface area contributed by atoms with Crippen LogP contribution in [0, 0.1) is 0 Å². The van der Waals surface area contributed by atoms with E-state index in [4.69, 9.17) is 4.52 Å². The summed E-state index contributed by atoms with van der Waals surface area (Å²) in [5.74, 6) is 0.761. The summed E-state index contributed by atoms with van der Waals surface area (Å²) in [6.07, 6.45) is 2.20. The molecule has 1 aromatic heterocycles. The fourth-order valence-electron chi connectivity index (χ4n) is 1.99. The van der Waals surface area contributed by atoms with Crippen LogP contribution in [0.2, 0.25) is 0 Å². The second-order valence-corrected chi connectivity index (χ2v) is 5.10. The maximum atomic E-state index is 12.0. The van der Waals surface area contributed by atoms with Crippen molar-refractivity contribution < 1.29 is 14.1 Å². The summed E-state index contributed by atoms with van der Waals surface area (Å²) < 4.78 is 5.15. The molecule has 1 saturated carbocycles. The molecule has 1 fully saturated rings. The van der Waals surface area contributed by atoms with E-state index in [9.17, 15) is 9.59 Å². The molecule has 0 spiro atoms. The van der Waals surface area contributed by atoms with Crippen LogP contribution in [0.25, 0.3) is 0 Å². The van der Waals surface area contributed by atoms with Crippen LogP contribution in [0.3, 0.4) is 0 Å². The van der Waals surface area contributed by atoms with Crippen LogP contribution >= 0.6 is 0 Å². The van der Waals surface area contributed by atoms with E-state index in [1.807, 2.05) is 0 Å². The van der Waals surface area contributed by atoms with E-state index in [1.165, 1.54) is 6.92 Å². The molecule has 1 heterocycles. The van der Waals surface area contributed by atoms with Gasteiger partial charge in [-0.1, -0.05) is 5.16 Å². The molecule has 2 amide bonds. The third kappa shape index (κ3) is 3.28. The lowest BCUT2D eigenvalue weighted by atomic mass is 10.2. The highest BCUT2D eigenvalue weighted by Gasteiger charge is 2.28. The van der Waals surface area contributed by atoms with E-state index >= 15 is 0 Å². The Bertz CT molecular complexity index is 672. The summed E-state index contributed by atoms with van der Waals surface area (Å²) in [6.45, 7) is 1.44. The minimum absolute atomic E-state index is 0.137. The first-order chi connectivity index (χ1) is 10.1. The Kier molecular flexibility index (Phi) is 3.43. The summed E-state index contributed by atoms with van der Waals surface area (Å²) in [5, 5.41) is 9.18. The number of anilines is 2. The van der Waals surface area contributed by atoms with Gasteiger partial charge in [0.05, 0.1) is 0 Å². The molecule has 0 unspecified atom stereocenters. The Balaban J connectivity index is 1.64. The largest absolute Gasteiger partial charge is 0.360 e. The molecule has 2 N–H and O–H groups in total. The van der Waals surface area contributed by atoms with E-state index in [0.29, 0.717) is 17.3 Å². The van der Waals surface area contributed by atoms with Crippen LogP contribution < -0.4 is 10.6 Å². The Labute approximate surface area is 121 Å². The van der Waals surface area contributed by atoms with Gasteiger partial charge < -0.3 is 15.2 Å². The van der Waals surface area contributed by atoms with Crippen LogP contribution in [-0.2, 0) is 4.79 Å². The second kappa shape index (κ2) is 5.40. The topological polar surface area (TPSA) is 84.2 Å². The van der Waals surface area contributed by atoms with Crippen LogP contribution in [-0.4, -0.2) is 17.0 Å². The van der Waals surface area contributed by atoms with Gasteiger partial charge in [0.1, 0.15) is 5.76 Å². The number of carbonyl (C=O) groups is 2. The highest BCUT2D eigenvalue weighted by Crippen LogP contribution is 2.40. The maximum absolute atomic E-state index is 12.0. The minimum atomic E-state index is -0.307. The van der Waals surface area contributed by atoms with E-state index in [1.54, 1.807) is 30.3 Å². The first-order valence-corrected chi connectivity index (χ1v) is 6.77. The number of nitrogens with one attached hydrogen (secondary N) is 2. The van der Waals surface area contributed by atoms with Crippen molar-refractivity contribution in [2.75, 3.05) is 10.6 Å². The third-order valence-electron chi connectivity index (χ3n) is 3.20. The summed E-state index contributed by atoms with van der Waals surface area (Å²) in [6, 6.07) is 8.56. The number of nitrogens with zero attached hydrogens (tertiary/aromatic N) is 1. The van der Waals surface area contributed by atoms with Crippen molar-refractivity contribution in [3.05, 3.63) is 41.8 Å². The Morgan fingerprint density at radius 1 is 1.14 bits per heavy atom. The Hall–Kier alpha value is -2.63. The molecule has 3 rings (SSSR count). The van der Waals surface area contributed by atoms with Gasteiger partial charge in [-0.3, -0.25) is 9.59 Å². The lowest BCUT2D eigenvalue weighted by Gasteiger charge is -2.05. The molecular weight excluding hydrogens is 270 g/mol. The highest BCUT2D eigenvalue weighted by atomic mass is 16.5. The van der Waals surface area contributed by atoms with Crippen LogP contribution in [0.5, 0.6) is 0 Å². The summed E-state index contributed by atoms with van der Waals surface area (Å²) in [5.41, 5.74) is 1.59. The number of aromatic nitrogens is 1. The SMILES string of the molecule is CC(=O)Nc1ccc(NC(=O)c2cc(C3CC3)on2)cc1. The van der Waals surface area contributed by atoms with Crippen LogP contribution in [0.4, 0.5) is 11.4 Å². The summed E-state index contributed by atoms with van der Waals surface area (Å²) in [7, 11) is 0. The Morgan fingerprint density at radius 3 is 2.33 bits per heavy atom. The molecular formula is C15H15N3O3. The molecule has 6 heteroatoms. The van der Waals surface area contributed by atoms with Crippen molar-refractivity contribution in [1.82, 2.24) is 5.16 Å². The summed E-state index contributed by atoms with van der Waals surface area (Å²) in [4.78, 5) is 23.0. The van der Waals surface area contributed by atoms with Crippen LogP contribution in [0.15, 0.2) is 34.9 Å². The highest BCUT2D eigenvalue weighted by molar-refractivity contribution is 6.03. The fourth-order valence-corrected chi connectivity index (χ4v) is 1.99. The average Bonchev–Trinajstić information content (AvgIpc) is 3.18. The van der Waals surface area contributed by atoms with Gasteiger partial charge in [-0.25, -0.2) is 0 Å². The molecule has 0 saturated heterocycles. The van der Waals surface area contributed by atoms with Gasteiger partial charge in [0, 0.05) is 30.3 Å². The van der Waals surface area contributed by atoms with E-state index in [0.717, 1.165) is 18.6 Å². The fraction of sp³-hybridized carbons (Fsp3) is 0.267. The zero-order chi connectivity index (χ0) is 14.8. The first kappa shape index (κ1) is 13.4. The number of hydrogen-bond acceptors (Lipinski definition) is 4. The predicted molar refractivity (Wildman–Crippen MR) is 77.2 cm³/mol. The number of hydrogen-bond donors (Lipinski definition) is 2. The number of benzene rings is 1. The van der Waals surface area contributed by atoms with Crippen molar-refractivity contribution in [3.63, 3.8) is 0 Å². The van der Waals surface area contributed by atoms with Gasteiger partial charge >= 0.3 is 0 Å². The van der Waals surface area contributed by atoms with E-state index in [2.05, 4.69) is 15.8 Å². The maximum Gasteiger partial charge on any atom is 0.277 e. The molecule has 2 aromatic rings. The van der Waals surface area contributed by atoms with E-state index < -0.39 is 0 Å². The number of amides is 2. The molecule has 1 aliphatic rings. The van der Waals surface area contributed by atoms with Gasteiger partial charge in [0.2, 0.25) is 5.91 Å². The minimum Gasteiger partial charge on any atom is -0.360 e. The van der Waals surface area contributed by atoms with Crippen molar-refractivity contribution in [2.24, 2.45) is 0 Å². The first-order valence-electron chi connectivity index (χ1n) is 6.77. The zero-order valence-electron chi connectivity index (χ0n) is 11.6. The van der Waals surface area contributed by atoms with Gasteiger partial charge in [-0.2, -0.15) is 0 Å². The summed E-state index contributed by atoms with van der Waals surface area (Å²) >= 11 is 0. The smallest absolute Gasteiger partial charge is 0.277 e. The zero-order valence-corrected chi connectivity index (χ0v) is 11.6. The third-order valence-corrected chi connectivity index (χ3v) is 3.20. The number of rotatable bonds is 4. The molecule has 1 aromatic carbocycles. The molecule has 1 aliphatic carbocycles. The Morgan fingerprint density at radius 2 is 1.76 bits per heavy atom. The van der Waals surface area contributed by atoms with Crippen molar-refractivity contribution >= 4 is 23.2 Å². The molecule has 6 nitrogen and oxygen atoms in total. The predicted octanol–water partition coefficient (Wildman–Crippen LogP) is 2.76. The van der Waals surface area contributed by atoms with Gasteiger partial charge in [0.25, 0.3) is 5.91 Å². The van der Waals surface area contributed by atoms with Crippen molar-refractivity contribution in [1.29, 1.82) is 0 Å². The molecule has 21 heavy (non-hydrogen) atoms. The lowest BCUT2D eigenvalue weighted by Crippen LogP contribution is -2.12. The van der Waals surface area contributed by atoms with Crippen molar-refractivity contribution in [3.8, 4) is 0 Å². The quantitative estimate of drug-likeness (QED) is 0.904. The van der Waals surface area contributed by atoms with E-state index in [-0.39, 0.29) is 17.5 Å².